The Morgan fingerprint density at radius 1 is 1.27 bits per heavy atom. The van der Waals surface area contributed by atoms with Crippen LogP contribution in [0.4, 0.5) is 0 Å². The summed E-state index contributed by atoms with van der Waals surface area (Å²) in [6.07, 6.45) is 0.930. The SMILES string of the molecule is CCCOc1ccc(CNC(=O)c2ccc(Br)o2)cc1OC. The zero-order valence-electron chi connectivity index (χ0n) is 12.5. The maximum absolute atomic E-state index is 11.9. The van der Waals surface area contributed by atoms with Crippen LogP contribution >= 0.6 is 15.9 Å². The fourth-order valence-electron chi connectivity index (χ4n) is 1.86. The lowest BCUT2D eigenvalue weighted by atomic mass is 10.2. The Hall–Kier alpha value is -1.95. The van der Waals surface area contributed by atoms with Gasteiger partial charge < -0.3 is 19.2 Å². The fraction of sp³-hybridized carbons (Fsp3) is 0.312. The molecule has 0 aliphatic carbocycles. The molecule has 1 aromatic heterocycles. The van der Waals surface area contributed by atoms with Crippen LogP contribution < -0.4 is 14.8 Å². The molecule has 6 heteroatoms. The van der Waals surface area contributed by atoms with Gasteiger partial charge >= 0.3 is 0 Å². The molecule has 0 bridgehead atoms. The van der Waals surface area contributed by atoms with Crippen molar-refractivity contribution < 1.29 is 18.7 Å². The number of hydrogen-bond acceptors (Lipinski definition) is 4. The maximum Gasteiger partial charge on any atom is 0.287 e. The molecule has 0 unspecified atom stereocenters. The van der Waals surface area contributed by atoms with Crippen LogP contribution in [0.25, 0.3) is 0 Å². The minimum absolute atomic E-state index is 0.265. The number of carbonyl (C=O) groups is 1. The summed E-state index contributed by atoms with van der Waals surface area (Å²) in [6, 6.07) is 8.88. The summed E-state index contributed by atoms with van der Waals surface area (Å²) in [5.74, 6) is 1.35. The van der Waals surface area contributed by atoms with Gasteiger partial charge in [-0.15, -0.1) is 0 Å². The van der Waals surface area contributed by atoms with E-state index in [2.05, 4.69) is 21.2 Å². The molecule has 1 aromatic carbocycles. The smallest absolute Gasteiger partial charge is 0.287 e. The van der Waals surface area contributed by atoms with E-state index in [9.17, 15) is 4.79 Å². The van der Waals surface area contributed by atoms with Crippen LogP contribution in [0.2, 0.25) is 0 Å². The van der Waals surface area contributed by atoms with E-state index in [4.69, 9.17) is 13.9 Å². The number of furan rings is 1. The Balaban J connectivity index is 1.99. The van der Waals surface area contributed by atoms with E-state index in [1.807, 2.05) is 25.1 Å². The number of hydrogen-bond donors (Lipinski definition) is 1. The highest BCUT2D eigenvalue weighted by atomic mass is 79.9. The van der Waals surface area contributed by atoms with Gasteiger partial charge in [-0.2, -0.15) is 0 Å². The summed E-state index contributed by atoms with van der Waals surface area (Å²) < 4.78 is 16.6. The second-order valence-corrected chi connectivity index (χ2v) is 5.40. The topological polar surface area (TPSA) is 60.7 Å². The van der Waals surface area contributed by atoms with Gasteiger partial charge in [0.15, 0.2) is 21.9 Å². The average molecular weight is 368 g/mol. The Morgan fingerprint density at radius 3 is 2.73 bits per heavy atom. The Kier molecular flexibility index (Phi) is 5.89. The van der Waals surface area contributed by atoms with Gasteiger partial charge in [0.05, 0.1) is 13.7 Å². The van der Waals surface area contributed by atoms with Gasteiger partial charge in [0, 0.05) is 6.54 Å². The summed E-state index contributed by atoms with van der Waals surface area (Å²) in [4.78, 5) is 11.9. The van der Waals surface area contributed by atoms with Crippen LogP contribution in [-0.4, -0.2) is 19.6 Å². The molecule has 0 fully saturated rings. The minimum atomic E-state index is -0.268. The van der Waals surface area contributed by atoms with Crippen molar-refractivity contribution in [2.45, 2.75) is 19.9 Å². The van der Waals surface area contributed by atoms with Crippen molar-refractivity contribution in [2.24, 2.45) is 0 Å². The first-order valence-corrected chi connectivity index (χ1v) is 7.76. The Morgan fingerprint density at radius 2 is 2.09 bits per heavy atom. The number of halogens is 1. The standard InChI is InChI=1S/C16H18BrNO4/c1-3-8-21-12-5-4-11(9-14(12)20-2)10-18-16(19)13-6-7-15(17)22-13/h4-7,9H,3,8,10H2,1-2H3,(H,18,19). The lowest BCUT2D eigenvalue weighted by Crippen LogP contribution is -2.22. The summed E-state index contributed by atoms with van der Waals surface area (Å²) in [7, 11) is 1.59. The number of rotatable bonds is 7. The molecular formula is C16H18BrNO4. The predicted octanol–water partition coefficient (Wildman–Crippen LogP) is 3.77. The Labute approximate surface area is 137 Å². The van der Waals surface area contributed by atoms with E-state index >= 15 is 0 Å². The highest BCUT2D eigenvalue weighted by molar-refractivity contribution is 9.10. The highest BCUT2D eigenvalue weighted by Crippen LogP contribution is 2.28. The molecule has 5 nitrogen and oxygen atoms in total. The second kappa shape index (κ2) is 7.89. The van der Waals surface area contributed by atoms with E-state index in [0.29, 0.717) is 29.3 Å². The zero-order valence-corrected chi connectivity index (χ0v) is 14.1. The number of benzene rings is 1. The molecule has 2 aromatic rings. The largest absolute Gasteiger partial charge is 0.493 e. The first kappa shape index (κ1) is 16.4. The van der Waals surface area contributed by atoms with E-state index in [1.54, 1.807) is 19.2 Å². The molecule has 0 spiro atoms. The molecule has 0 saturated heterocycles. The van der Waals surface area contributed by atoms with E-state index in [1.165, 1.54) is 0 Å². The second-order valence-electron chi connectivity index (χ2n) is 4.62. The molecule has 0 atom stereocenters. The molecule has 2 rings (SSSR count). The van der Waals surface area contributed by atoms with Gasteiger partial charge in [-0.05, 0) is 52.2 Å². The molecule has 1 amide bonds. The predicted molar refractivity (Wildman–Crippen MR) is 86.4 cm³/mol. The van der Waals surface area contributed by atoms with Gasteiger partial charge in [-0.3, -0.25) is 4.79 Å². The number of methoxy groups -OCH3 is 1. The average Bonchev–Trinajstić information content (AvgIpc) is 2.97. The van der Waals surface area contributed by atoms with Crippen LogP contribution in [0.5, 0.6) is 11.5 Å². The number of nitrogens with one attached hydrogen (secondary N) is 1. The van der Waals surface area contributed by atoms with Crippen molar-refractivity contribution in [3.8, 4) is 11.5 Å². The van der Waals surface area contributed by atoms with Crippen molar-refractivity contribution in [3.05, 3.63) is 46.3 Å². The third-order valence-electron chi connectivity index (χ3n) is 2.94. The quantitative estimate of drug-likeness (QED) is 0.808. The van der Waals surface area contributed by atoms with Gasteiger partial charge in [-0.1, -0.05) is 13.0 Å². The molecule has 0 aliphatic rings. The van der Waals surface area contributed by atoms with Crippen LogP contribution in [0.1, 0.15) is 29.5 Å². The molecule has 22 heavy (non-hydrogen) atoms. The first-order valence-electron chi connectivity index (χ1n) is 6.97. The van der Waals surface area contributed by atoms with E-state index < -0.39 is 0 Å². The molecule has 1 heterocycles. The van der Waals surface area contributed by atoms with Gasteiger partial charge in [-0.25, -0.2) is 0 Å². The van der Waals surface area contributed by atoms with E-state index in [-0.39, 0.29) is 11.7 Å². The highest BCUT2D eigenvalue weighted by Gasteiger charge is 2.11. The van der Waals surface area contributed by atoms with E-state index in [0.717, 1.165) is 12.0 Å². The number of amides is 1. The number of ether oxygens (including phenoxy) is 2. The summed E-state index contributed by atoms with van der Waals surface area (Å²) >= 11 is 3.17. The van der Waals surface area contributed by atoms with Crippen molar-refractivity contribution in [1.82, 2.24) is 5.32 Å². The monoisotopic (exact) mass is 367 g/mol. The van der Waals surface area contributed by atoms with Crippen molar-refractivity contribution in [2.75, 3.05) is 13.7 Å². The van der Waals surface area contributed by atoms with Gasteiger partial charge in [0.1, 0.15) is 0 Å². The molecule has 1 N–H and O–H groups in total. The van der Waals surface area contributed by atoms with Crippen LogP contribution in [-0.2, 0) is 6.54 Å². The lowest BCUT2D eigenvalue weighted by molar-refractivity contribution is 0.0922. The van der Waals surface area contributed by atoms with Crippen LogP contribution in [0, 0.1) is 0 Å². The third-order valence-corrected chi connectivity index (χ3v) is 3.37. The molecular weight excluding hydrogens is 350 g/mol. The lowest BCUT2D eigenvalue weighted by Gasteiger charge is -2.12. The van der Waals surface area contributed by atoms with Crippen LogP contribution in [0.15, 0.2) is 39.4 Å². The molecule has 118 valence electrons. The molecule has 0 radical (unpaired) electrons. The first-order chi connectivity index (χ1) is 10.6. The number of carbonyl (C=O) groups excluding carboxylic acids is 1. The van der Waals surface area contributed by atoms with Gasteiger partial charge in [0.25, 0.3) is 5.91 Å². The van der Waals surface area contributed by atoms with Crippen molar-refractivity contribution in [3.63, 3.8) is 0 Å². The minimum Gasteiger partial charge on any atom is -0.493 e. The third kappa shape index (κ3) is 4.27. The van der Waals surface area contributed by atoms with Crippen LogP contribution in [0.3, 0.4) is 0 Å². The summed E-state index contributed by atoms with van der Waals surface area (Å²) in [5.41, 5.74) is 0.916. The van der Waals surface area contributed by atoms with Gasteiger partial charge in [0.2, 0.25) is 0 Å². The Bertz CT molecular complexity index is 639. The summed E-state index contributed by atoms with van der Waals surface area (Å²) in [6.45, 7) is 3.06. The summed E-state index contributed by atoms with van der Waals surface area (Å²) in [5, 5.41) is 2.79. The maximum atomic E-state index is 11.9. The fourth-order valence-corrected chi connectivity index (χ4v) is 2.17. The molecule has 0 saturated carbocycles. The zero-order chi connectivity index (χ0) is 15.9. The molecule has 0 aliphatic heterocycles. The van der Waals surface area contributed by atoms with Crippen molar-refractivity contribution >= 4 is 21.8 Å². The normalized spacial score (nSPS) is 10.3. The van der Waals surface area contributed by atoms with Crippen molar-refractivity contribution in [1.29, 1.82) is 0 Å².